The lowest BCUT2D eigenvalue weighted by molar-refractivity contribution is 0.202. The van der Waals surface area contributed by atoms with Crippen molar-refractivity contribution in [2.45, 2.75) is 19.4 Å². The zero-order chi connectivity index (χ0) is 9.26. The van der Waals surface area contributed by atoms with Gasteiger partial charge in [-0.05, 0) is 12.3 Å². The number of nitrogens with zero attached hydrogens (tertiary/aromatic N) is 1. The molecule has 1 saturated carbocycles. The van der Waals surface area contributed by atoms with Crippen molar-refractivity contribution in [2.75, 3.05) is 24.6 Å². The molecular formula is C9H16N2OS. The zero-order valence-electron chi connectivity index (χ0n) is 7.95. The highest BCUT2D eigenvalue weighted by molar-refractivity contribution is 7.99. The summed E-state index contributed by atoms with van der Waals surface area (Å²) in [5, 5.41) is 3.05. The Labute approximate surface area is 83.2 Å². The molecule has 0 aromatic carbocycles. The molecule has 0 aromatic heterocycles. The van der Waals surface area contributed by atoms with Crippen LogP contribution in [-0.2, 0) is 0 Å². The van der Waals surface area contributed by atoms with E-state index in [9.17, 15) is 4.79 Å². The Bertz CT molecular complexity index is 204. The maximum absolute atomic E-state index is 11.6. The summed E-state index contributed by atoms with van der Waals surface area (Å²) in [5.74, 6) is 2.88. The maximum Gasteiger partial charge on any atom is 0.317 e. The number of thioether (sulfide) groups is 1. The van der Waals surface area contributed by atoms with Crippen LogP contribution in [0.4, 0.5) is 4.79 Å². The Hall–Kier alpha value is -0.380. The third-order valence-electron chi connectivity index (χ3n) is 2.72. The molecule has 2 fully saturated rings. The summed E-state index contributed by atoms with van der Waals surface area (Å²) in [4.78, 5) is 13.5. The highest BCUT2D eigenvalue weighted by atomic mass is 32.2. The summed E-state index contributed by atoms with van der Waals surface area (Å²) in [5.41, 5.74) is 0. The van der Waals surface area contributed by atoms with E-state index < -0.39 is 0 Å². The molecule has 13 heavy (non-hydrogen) atoms. The van der Waals surface area contributed by atoms with Gasteiger partial charge in [-0.15, -0.1) is 0 Å². The molecule has 0 aromatic rings. The lowest BCUT2D eigenvalue weighted by Crippen LogP contribution is -2.45. The fourth-order valence-electron chi connectivity index (χ4n) is 1.54. The normalized spacial score (nSPS) is 32.8. The monoisotopic (exact) mass is 200 g/mol. The predicted molar refractivity (Wildman–Crippen MR) is 55.0 cm³/mol. The Morgan fingerprint density at radius 1 is 1.46 bits per heavy atom. The van der Waals surface area contributed by atoms with Gasteiger partial charge in [-0.3, -0.25) is 0 Å². The number of urea groups is 1. The van der Waals surface area contributed by atoms with Gasteiger partial charge in [-0.1, -0.05) is 6.92 Å². The minimum atomic E-state index is 0.148. The quantitative estimate of drug-likeness (QED) is 0.688. The third-order valence-corrected chi connectivity index (χ3v) is 3.66. The fourth-order valence-corrected chi connectivity index (χ4v) is 2.44. The second kappa shape index (κ2) is 3.78. The second-order valence-corrected chi connectivity index (χ2v) is 5.09. The van der Waals surface area contributed by atoms with Gasteiger partial charge in [0.2, 0.25) is 0 Å². The first-order valence-corrected chi connectivity index (χ1v) is 6.06. The summed E-state index contributed by atoms with van der Waals surface area (Å²) in [7, 11) is 0. The molecule has 2 atom stereocenters. The molecule has 0 bridgehead atoms. The predicted octanol–water partition coefficient (Wildman–Crippen LogP) is 1.15. The molecule has 4 heteroatoms. The van der Waals surface area contributed by atoms with Crippen LogP contribution in [0.3, 0.4) is 0 Å². The highest BCUT2D eigenvalue weighted by Crippen LogP contribution is 2.29. The summed E-state index contributed by atoms with van der Waals surface area (Å²) in [6.07, 6.45) is 1.16. The van der Waals surface area contributed by atoms with Gasteiger partial charge in [0.15, 0.2) is 0 Å². The first-order valence-electron chi connectivity index (χ1n) is 4.90. The van der Waals surface area contributed by atoms with Crippen LogP contribution in [0.25, 0.3) is 0 Å². The van der Waals surface area contributed by atoms with Gasteiger partial charge in [0, 0.05) is 30.6 Å². The number of nitrogens with one attached hydrogen (secondary N) is 1. The van der Waals surface area contributed by atoms with Gasteiger partial charge in [0.25, 0.3) is 0 Å². The van der Waals surface area contributed by atoms with Crippen molar-refractivity contribution in [3.05, 3.63) is 0 Å². The molecule has 1 N–H and O–H groups in total. The Balaban J connectivity index is 1.75. The van der Waals surface area contributed by atoms with E-state index in [1.807, 2.05) is 16.7 Å². The molecule has 2 aliphatic rings. The fraction of sp³-hybridized carbons (Fsp3) is 0.889. The summed E-state index contributed by atoms with van der Waals surface area (Å²) < 4.78 is 0. The van der Waals surface area contributed by atoms with E-state index in [2.05, 4.69) is 12.2 Å². The summed E-state index contributed by atoms with van der Waals surface area (Å²) in [6.45, 7) is 4.01. The van der Waals surface area contributed by atoms with Gasteiger partial charge in [0.05, 0.1) is 0 Å². The van der Waals surface area contributed by atoms with Crippen LogP contribution in [0, 0.1) is 5.92 Å². The van der Waals surface area contributed by atoms with E-state index in [0.717, 1.165) is 31.0 Å². The molecule has 2 unspecified atom stereocenters. The minimum Gasteiger partial charge on any atom is -0.335 e. The van der Waals surface area contributed by atoms with Crippen LogP contribution in [0.1, 0.15) is 13.3 Å². The molecule has 74 valence electrons. The van der Waals surface area contributed by atoms with Gasteiger partial charge in [-0.25, -0.2) is 4.79 Å². The standard InChI is InChI=1S/C9H16N2OS/c1-7-6-8(7)10-9(12)11-2-4-13-5-3-11/h7-8H,2-6H2,1H3,(H,10,12). The van der Waals surface area contributed by atoms with Crippen molar-refractivity contribution in [3.63, 3.8) is 0 Å². The number of amides is 2. The first-order chi connectivity index (χ1) is 6.27. The van der Waals surface area contributed by atoms with E-state index in [-0.39, 0.29) is 6.03 Å². The van der Waals surface area contributed by atoms with E-state index in [4.69, 9.17) is 0 Å². The SMILES string of the molecule is CC1CC1NC(=O)N1CCSCC1. The van der Waals surface area contributed by atoms with Crippen molar-refractivity contribution >= 4 is 17.8 Å². The number of hydrogen-bond donors (Lipinski definition) is 1. The van der Waals surface area contributed by atoms with Gasteiger partial charge in [0.1, 0.15) is 0 Å². The van der Waals surface area contributed by atoms with Gasteiger partial charge < -0.3 is 10.2 Å². The van der Waals surface area contributed by atoms with Gasteiger partial charge in [-0.2, -0.15) is 11.8 Å². The number of carbonyl (C=O) groups excluding carboxylic acids is 1. The topological polar surface area (TPSA) is 32.3 Å². The second-order valence-electron chi connectivity index (χ2n) is 3.87. The number of carbonyl (C=O) groups is 1. The summed E-state index contributed by atoms with van der Waals surface area (Å²) >= 11 is 1.93. The maximum atomic E-state index is 11.6. The van der Waals surface area contributed by atoms with Crippen LogP contribution in [0.15, 0.2) is 0 Å². The van der Waals surface area contributed by atoms with E-state index in [1.54, 1.807) is 0 Å². The third kappa shape index (κ3) is 2.30. The lowest BCUT2D eigenvalue weighted by Gasteiger charge is -2.26. The van der Waals surface area contributed by atoms with Crippen molar-refractivity contribution in [3.8, 4) is 0 Å². The van der Waals surface area contributed by atoms with Gasteiger partial charge >= 0.3 is 6.03 Å². The largest absolute Gasteiger partial charge is 0.335 e. The van der Waals surface area contributed by atoms with E-state index >= 15 is 0 Å². The summed E-state index contributed by atoms with van der Waals surface area (Å²) in [6, 6.07) is 0.608. The van der Waals surface area contributed by atoms with E-state index in [1.165, 1.54) is 0 Å². The first kappa shape index (κ1) is 9.19. The molecule has 0 spiro atoms. The lowest BCUT2D eigenvalue weighted by atomic mass is 10.4. The molecule has 0 radical (unpaired) electrons. The van der Waals surface area contributed by atoms with Crippen LogP contribution in [0.2, 0.25) is 0 Å². The smallest absolute Gasteiger partial charge is 0.317 e. The van der Waals surface area contributed by atoms with Crippen molar-refractivity contribution < 1.29 is 4.79 Å². The van der Waals surface area contributed by atoms with Crippen LogP contribution in [-0.4, -0.2) is 41.6 Å². The number of hydrogen-bond acceptors (Lipinski definition) is 2. The molecule has 1 aliphatic carbocycles. The molecule has 2 rings (SSSR count). The Kier molecular flexibility index (Phi) is 2.67. The molecule has 1 saturated heterocycles. The minimum absolute atomic E-state index is 0.148. The molecular weight excluding hydrogens is 184 g/mol. The van der Waals surface area contributed by atoms with Crippen LogP contribution >= 0.6 is 11.8 Å². The average Bonchev–Trinajstić information content (AvgIpc) is 2.83. The highest BCUT2D eigenvalue weighted by Gasteiger charge is 2.35. The van der Waals surface area contributed by atoms with E-state index in [0.29, 0.717) is 12.0 Å². The van der Waals surface area contributed by atoms with Crippen molar-refractivity contribution in [1.82, 2.24) is 10.2 Å². The average molecular weight is 200 g/mol. The molecule has 1 heterocycles. The Morgan fingerprint density at radius 2 is 2.08 bits per heavy atom. The van der Waals surface area contributed by atoms with Crippen molar-refractivity contribution in [1.29, 1.82) is 0 Å². The zero-order valence-corrected chi connectivity index (χ0v) is 8.77. The van der Waals surface area contributed by atoms with Crippen molar-refractivity contribution in [2.24, 2.45) is 5.92 Å². The number of rotatable bonds is 1. The molecule has 1 aliphatic heterocycles. The van der Waals surface area contributed by atoms with Crippen LogP contribution in [0.5, 0.6) is 0 Å². The Morgan fingerprint density at radius 3 is 2.62 bits per heavy atom. The van der Waals surface area contributed by atoms with Crippen LogP contribution < -0.4 is 5.32 Å². The molecule has 2 amide bonds. The molecule has 3 nitrogen and oxygen atoms in total.